The normalized spacial score (nSPS) is 15.9. The number of hydrogen-bond donors (Lipinski definition) is 0. The Kier molecular flexibility index (Phi) is 4.13. The van der Waals surface area contributed by atoms with E-state index in [-0.39, 0.29) is 0 Å². The van der Waals surface area contributed by atoms with Crippen LogP contribution in [0.3, 0.4) is 0 Å². The van der Waals surface area contributed by atoms with Crippen LogP contribution in [0.4, 0.5) is 0 Å². The van der Waals surface area contributed by atoms with E-state index in [1.165, 1.54) is 36.9 Å². The lowest BCUT2D eigenvalue weighted by atomic mass is 10.0. The highest BCUT2D eigenvalue weighted by Crippen LogP contribution is 2.36. The van der Waals surface area contributed by atoms with Crippen LogP contribution in [0.5, 0.6) is 5.75 Å². The maximum Gasteiger partial charge on any atom is 0.145 e. The molecule has 0 N–H and O–H groups in total. The molecule has 0 amide bonds. The monoisotopic (exact) mass is 289 g/mol. The van der Waals surface area contributed by atoms with Gasteiger partial charge in [0.2, 0.25) is 0 Å². The number of benzene rings is 2. The van der Waals surface area contributed by atoms with E-state index in [4.69, 9.17) is 16.3 Å². The van der Waals surface area contributed by atoms with Gasteiger partial charge in [0, 0.05) is 11.9 Å². The molecule has 0 radical (unpaired) electrons. The molecular formula is C17H20ClNO. The fraction of sp³-hybridized carbons (Fsp3) is 0.412. The Hall–Kier alpha value is -1.25. The Morgan fingerprint density at radius 3 is 2.55 bits per heavy atom. The zero-order valence-corrected chi connectivity index (χ0v) is 12.6. The summed E-state index contributed by atoms with van der Waals surface area (Å²) in [5.41, 5.74) is 1.30. The highest BCUT2D eigenvalue weighted by Gasteiger charge is 2.16. The van der Waals surface area contributed by atoms with Gasteiger partial charge in [0.05, 0.1) is 11.6 Å². The zero-order valence-electron chi connectivity index (χ0n) is 11.9. The number of rotatable bonds is 4. The number of halogens is 1. The predicted molar refractivity (Wildman–Crippen MR) is 84.6 cm³/mol. The van der Waals surface area contributed by atoms with Crippen LogP contribution in [-0.2, 0) is 6.54 Å². The lowest BCUT2D eigenvalue weighted by Crippen LogP contribution is -2.18. The fourth-order valence-corrected chi connectivity index (χ4v) is 3.28. The van der Waals surface area contributed by atoms with Crippen molar-refractivity contribution < 1.29 is 4.74 Å². The van der Waals surface area contributed by atoms with Crippen LogP contribution in [0, 0.1) is 0 Å². The molecule has 1 aliphatic rings. The van der Waals surface area contributed by atoms with Crippen LogP contribution in [-0.4, -0.2) is 24.6 Å². The molecule has 20 heavy (non-hydrogen) atoms. The van der Waals surface area contributed by atoms with Crippen molar-refractivity contribution in [2.24, 2.45) is 0 Å². The Morgan fingerprint density at radius 1 is 1.15 bits per heavy atom. The summed E-state index contributed by atoms with van der Waals surface area (Å²) in [7, 11) is 0. The predicted octanol–water partition coefficient (Wildman–Crippen LogP) is 4.49. The number of fused-ring (bicyclic) bond motifs is 1. The van der Waals surface area contributed by atoms with Crippen LogP contribution < -0.4 is 4.74 Å². The fourth-order valence-electron chi connectivity index (χ4n) is 2.99. The van der Waals surface area contributed by atoms with E-state index in [0.29, 0.717) is 6.61 Å². The van der Waals surface area contributed by atoms with Crippen LogP contribution >= 0.6 is 11.6 Å². The molecule has 2 aromatic carbocycles. The van der Waals surface area contributed by atoms with Gasteiger partial charge in [0.25, 0.3) is 0 Å². The topological polar surface area (TPSA) is 12.5 Å². The van der Waals surface area contributed by atoms with Gasteiger partial charge in [0.1, 0.15) is 5.75 Å². The molecule has 3 heteroatoms. The summed E-state index contributed by atoms with van der Waals surface area (Å²) in [6.45, 7) is 5.99. The lowest BCUT2D eigenvalue weighted by Gasteiger charge is -2.18. The molecule has 0 unspecified atom stereocenters. The first-order chi connectivity index (χ1) is 9.79. The Balaban J connectivity index is 2.05. The summed E-state index contributed by atoms with van der Waals surface area (Å²) in [5, 5.41) is 3.10. The van der Waals surface area contributed by atoms with Gasteiger partial charge in [0.15, 0.2) is 0 Å². The van der Waals surface area contributed by atoms with Crippen LogP contribution in [0.1, 0.15) is 25.3 Å². The molecule has 0 atom stereocenters. The zero-order chi connectivity index (χ0) is 13.9. The molecule has 3 rings (SSSR count). The second-order valence-corrected chi connectivity index (χ2v) is 5.72. The maximum absolute atomic E-state index is 6.43. The summed E-state index contributed by atoms with van der Waals surface area (Å²) >= 11 is 6.43. The third kappa shape index (κ3) is 2.63. The molecule has 1 aliphatic heterocycles. The summed E-state index contributed by atoms with van der Waals surface area (Å²) in [6, 6.07) is 10.5. The number of likely N-dealkylation sites (tertiary alicyclic amines) is 1. The molecule has 0 saturated carbocycles. The average molecular weight is 290 g/mol. The second-order valence-electron chi connectivity index (χ2n) is 5.31. The smallest absolute Gasteiger partial charge is 0.145 e. The highest BCUT2D eigenvalue weighted by molar-refractivity contribution is 6.33. The standard InChI is InChI=1S/C17H20ClNO/c1-2-20-17-15-8-4-3-7-14(15)13(11-16(17)18)12-19-9-5-6-10-19/h3-4,7-8,11H,2,5-6,9-10,12H2,1H3. The van der Waals surface area contributed by atoms with Crippen molar-refractivity contribution >= 4 is 22.4 Å². The van der Waals surface area contributed by atoms with E-state index in [1.807, 2.05) is 13.0 Å². The van der Waals surface area contributed by atoms with Gasteiger partial charge < -0.3 is 4.74 Å². The molecule has 2 aromatic rings. The van der Waals surface area contributed by atoms with E-state index >= 15 is 0 Å². The molecule has 0 aliphatic carbocycles. The largest absolute Gasteiger partial charge is 0.492 e. The maximum atomic E-state index is 6.43. The molecule has 2 nitrogen and oxygen atoms in total. The van der Waals surface area contributed by atoms with E-state index in [9.17, 15) is 0 Å². The van der Waals surface area contributed by atoms with Gasteiger partial charge in [-0.05, 0) is 49.9 Å². The Labute approximate surface area is 125 Å². The molecule has 1 fully saturated rings. The lowest BCUT2D eigenvalue weighted by molar-refractivity contribution is 0.331. The van der Waals surface area contributed by atoms with E-state index in [0.717, 1.165) is 22.7 Å². The minimum absolute atomic E-state index is 0.634. The van der Waals surface area contributed by atoms with E-state index in [1.54, 1.807) is 0 Å². The van der Waals surface area contributed by atoms with Gasteiger partial charge >= 0.3 is 0 Å². The first-order valence-electron chi connectivity index (χ1n) is 7.35. The SMILES string of the molecule is CCOc1c(Cl)cc(CN2CCCC2)c2ccccc12. The molecule has 0 aromatic heterocycles. The van der Waals surface area contributed by atoms with Crippen LogP contribution in [0.15, 0.2) is 30.3 Å². The quantitative estimate of drug-likeness (QED) is 0.822. The minimum atomic E-state index is 0.634. The molecule has 0 bridgehead atoms. The summed E-state index contributed by atoms with van der Waals surface area (Å²) in [5.74, 6) is 0.815. The molecule has 1 saturated heterocycles. The number of hydrogen-bond acceptors (Lipinski definition) is 2. The van der Waals surface area contributed by atoms with Crippen LogP contribution in [0.25, 0.3) is 10.8 Å². The first kappa shape index (κ1) is 13.7. The molecule has 1 heterocycles. The molecular weight excluding hydrogens is 270 g/mol. The van der Waals surface area contributed by atoms with Crippen molar-refractivity contribution in [3.63, 3.8) is 0 Å². The summed E-state index contributed by atoms with van der Waals surface area (Å²) in [6.07, 6.45) is 2.62. The van der Waals surface area contributed by atoms with Crippen molar-refractivity contribution in [3.8, 4) is 5.75 Å². The van der Waals surface area contributed by atoms with Gasteiger partial charge in [-0.15, -0.1) is 0 Å². The van der Waals surface area contributed by atoms with Crippen LogP contribution in [0.2, 0.25) is 5.02 Å². The summed E-state index contributed by atoms with van der Waals surface area (Å²) in [4.78, 5) is 2.50. The van der Waals surface area contributed by atoms with Gasteiger partial charge in [-0.3, -0.25) is 4.90 Å². The Bertz CT molecular complexity index is 605. The van der Waals surface area contributed by atoms with Crippen molar-refractivity contribution in [2.45, 2.75) is 26.3 Å². The van der Waals surface area contributed by atoms with Crippen molar-refractivity contribution in [2.75, 3.05) is 19.7 Å². The van der Waals surface area contributed by atoms with E-state index in [2.05, 4.69) is 29.2 Å². The Morgan fingerprint density at radius 2 is 1.85 bits per heavy atom. The van der Waals surface area contributed by atoms with Crippen molar-refractivity contribution in [1.29, 1.82) is 0 Å². The first-order valence-corrected chi connectivity index (χ1v) is 7.72. The minimum Gasteiger partial charge on any atom is -0.492 e. The highest BCUT2D eigenvalue weighted by atomic mass is 35.5. The van der Waals surface area contributed by atoms with Crippen molar-refractivity contribution in [3.05, 3.63) is 40.9 Å². The third-order valence-electron chi connectivity index (χ3n) is 3.92. The van der Waals surface area contributed by atoms with E-state index < -0.39 is 0 Å². The number of nitrogens with zero attached hydrogens (tertiary/aromatic N) is 1. The molecule has 106 valence electrons. The average Bonchev–Trinajstić information content (AvgIpc) is 2.96. The van der Waals surface area contributed by atoms with Crippen molar-refractivity contribution in [1.82, 2.24) is 4.90 Å². The molecule has 0 spiro atoms. The second kappa shape index (κ2) is 6.02. The number of ether oxygens (including phenoxy) is 1. The van der Waals surface area contributed by atoms with Gasteiger partial charge in [-0.1, -0.05) is 35.9 Å². The van der Waals surface area contributed by atoms with Gasteiger partial charge in [-0.25, -0.2) is 0 Å². The summed E-state index contributed by atoms with van der Waals surface area (Å²) < 4.78 is 5.73. The van der Waals surface area contributed by atoms with Gasteiger partial charge in [-0.2, -0.15) is 0 Å². The third-order valence-corrected chi connectivity index (χ3v) is 4.20.